The minimum Gasteiger partial charge on any atom is -0.429 e. The van der Waals surface area contributed by atoms with Crippen molar-refractivity contribution < 1.29 is 4.74 Å². The lowest BCUT2D eigenvalue weighted by Crippen LogP contribution is -1.87. The number of benzene rings is 1. The number of hydrogen-bond acceptors (Lipinski definition) is 4. The Balaban J connectivity index is 2.25. The molecule has 1 heterocycles. The highest BCUT2D eigenvalue weighted by molar-refractivity contribution is 7.11. The maximum Gasteiger partial charge on any atom is 0.278 e. The van der Waals surface area contributed by atoms with Crippen molar-refractivity contribution in [1.29, 1.82) is 0 Å². The van der Waals surface area contributed by atoms with E-state index in [1.165, 1.54) is 11.3 Å². The molecule has 14 heavy (non-hydrogen) atoms. The van der Waals surface area contributed by atoms with Crippen LogP contribution in [0.25, 0.3) is 0 Å². The second kappa shape index (κ2) is 3.86. The third-order valence-electron chi connectivity index (χ3n) is 1.56. The Morgan fingerprint density at radius 3 is 2.93 bits per heavy atom. The van der Waals surface area contributed by atoms with E-state index in [1.807, 2.05) is 5.38 Å². The summed E-state index contributed by atoms with van der Waals surface area (Å²) in [5, 5.41) is 2.89. The minimum absolute atomic E-state index is 0.486. The molecule has 0 bridgehead atoms. The van der Waals surface area contributed by atoms with Crippen molar-refractivity contribution in [1.82, 2.24) is 4.98 Å². The lowest BCUT2D eigenvalue weighted by Gasteiger charge is -2.04. The van der Waals surface area contributed by atoms with Gasteiger partial charge in [-0.05, 0) is 18.2 Å². The maximum absolute atomic E-state index is 5.92. The Morgan fingerprint density at radius 2 is 2.29 bits per heavy atom. The van der Waals surface area contributed by atoms with E-state index in [-0.39, 0.29) is 0 Å². The molecular weight excluding hydrogens is 220 g/mol. The van der Waals surface area contributed by atoms with Crippen LogP contribution in [0, 0.1) is 0 Å². The monoisotopic (exact) mass is 226 g/mol. The van der Waals surface area contributed by atoms with E-state index in [9.17, 15) is 0 Å². The van der Waals surface area contributed by atoms with Crippen molar-refractivity contribution in [2.45, 2.75) is 0 Å². The second-order valence-electron chi connectivity index (χ2n) is 2.59. The number of nitrogens with zero attached hydrogens (tertiary/aromatic N) is 1. The summed E-state index contributed by atoms with van der Waals surface area (Å²) in [6, 6.07) is 5.10. The molecule has 2 rings (SSSR count). The highest BCUT2D eigenvalue weighted by Crippen LogP contribution is 2.31. The van der Waals surface area contributed by atoms with Gasteiger partial charge in [-0.1, -0.05) is 22.9 Å². The SMILES string of the molecule is Nc1ccc(Oc2nccs2)c(Cl)c1. The second-order valence-corrected chi connectivity index (χ2v) is 3.85. The summed E-state index contributed by atoms with van der Waals surface area (Å²) < 4.78 is 5.42. The van der Waals surface area contributed by atoms with Crippen LogP contribution in [0.15, 0.2) is 29.8 Å². The zero-order chi connectivity index (χ0) is 9.97. The molecule has 5 heteroatoms. The molecule has 1 aromatic heterocycles. The van der Waals surface area contributed by atoms with Gasteiger partial charge in [0.05, 0.1) is 5.02 Å². The summed E-state index contributed by atoms with van der Waals surface area (Å²) in [4.78, 5) is 3.98. The first-order chi connectivity index (χ1) is 6.75. The molecule has 0 atom stereocenters. The van der Waals surface area contributed by atoms with Crippen LogP contribution in [0.2, 0.25) is 5.02 Å². The zero-order valence-corrected chi connectivity index (χ0v) is 8.68. The summed E-state index contributed by atoms with van der Waals surface area (Å²) in [6.45, 7) is 0. The number of rotatable bonds is 2. The van der Waals surface area contributed by atoms with Gasteiger partial charge >= 0.3 is 0 Å². The van der Waals surface area contributed by atoms with E-state index in [1.54, 1.807) is 24.4 Å². The van der Waals surface area contributed by atoms with Gasteiger partial charge in [-0.2, -0.15) is 0 Å². The molecule has 0 unspecified atom stereocenters. The Bertz CT molecular complexity index is 430. The van der Waals surface area contributed by atoms with Crippen molar-refractivity contribution in [3.8, 4) is 10.9 Å². The molecule has 72 valence electrons. The Kier molecular flexibility index (Phi) is 2.56. The van der Waals surface area contributed by atoms with Crippen LogP contribution >= 0.6 is 22.9 Å². The average molecular weight is 227 g/mol. The molecule has 0 amide bonds. The van der Waals surface area contributed by atoms with Gasteiger partial charge in [0.2, 0.25) is 0 Å². The lowest BCUT2D eigenvalue weighted by molar-refractivity contribution is 0.479. The molecule has 0 saturated heterocycles. The Hall–Kier alpha value is -1.26. The molecule has 2 N–H and O–H groups in total. The van der Waals surface area contributed by atoms with Gasteiger partial charge in [0, 0.05) is 17.3 Å². The van der Waals surface area contributed by atoms with E-state index in [4.69, 9.17) is 22.1 Å². The van der Waals surface area contributed by atoms with Crippen LogP contribution in [0.3, 0.4) is 0 Å². The van der Waals surface area contributed by atoms with Crippen molar-refractivity contribution in [3.63, 3.8) is 0 Å². The van der Waals surface area contributed by atoms with E-state index in [0.29, 0.717) is 21.7 Å². The van der Waals surface area contributed by atoms with Crippen LogP contribution in [-0.4, -0.2) is 4.98 Å². The maximum atomic E-state index is 5.92. The summed E-state index contributed by atoms with van der Waals surface area (Å²) in [7, 11) is 0. The number of anilines is 1. The molecule has 0 aliphatic rings. The summed E-state index contributed by atoms with van der Waals surface area (Å²) in [5.41, 5.74) is 6.16. The standard InChI is InChI=1S/C9H7ClN2OS/c10-7-5-6(11)1-2-8(7)13-9-12-3-4-14-9/h1-5H,11H2. The molecule has 0 saturated carbocycles. The number of ether oxygens (including phenoxy) is 1. The molecule has 3 nitrogen and oxygen atoms in total. The van der Waals surface area contributed by atoms with Crippen molar-refractivity contribution in [3.05, 3.63) is 34.8 Å². The highest BCUT2D eigenvalue weighted by Gasteiger charge is 2.04. The number of nitrogens with two attached hydrogens (primary N) is 1. The first-order valence-corrected chi connectivity index (χ1v) is 5.14. The molecular formula is C9H7ClN2OS. The number of thiazole rings is 1. The smallest absolute Gasteiger partial charge is 0.278 e. The van der Waals surface area contributed by atoms with Crippen LogP contribution in [-0.2, 0) is 0 Å². The molecule has 0 fully saturated rings. The van der Waals surface area contributed by atoms with Crippen LogP contribution in [0.5, 0.6) is 10.9 Å². The zero-order valence-electron chi connectivity index (χ0n) is 7.11. The molecule has 0 spiro atoms. The van der Waals surface area contributed by atoms with Gasteiger partial charge in [0.1, 0.15) is 5.75 Å². The van der Waals surface area contributed by atoms with Crippen molar-refractivity contribution in [2.24, 2.45) is 0 Å². The van der Waals surface area contributed by atoms with Crippen molar-refractivity contribution >= 4 is 28.6 Å². The molecule has 0 radical (unpaired) electrons. The van der Waals surface area contributed by atoms with Gasteiger partial charge in [-0.3, -0.25) is 0 Å². The highest BCUT2D eigenvalue weighted by atomic mass is 35.5. The third kappa shape index (κ3) is 1.97. The van der Waals surface area contributed by atoms with Crippen molar-refractivity contribution in [2.75, 3.05) is 5.73 Å². The number of halogens is 1. The van der Waals surface area contributed by atoms with Crippen LogP contribution < -0.4 is 10.5 Å². The predicted octanol–water partition coefficient (Wildman–Crippen LogP) is 3.17. The minimum atomic E-state index is 0.486. The lowest BCUT2D eigenvalue weighted by atomic mass is 10.3. The van der Waals surface area contributed by atoms with E-state index in [0.717, 1.165) is 0 Å². The van der Waals surface area contributed by atoms with E-state index < -0.39 is 0 Å². The van der Waals surface area contributed by atoms with Gasteiger partial charge in [-0.15, -0.1) is 0 Å². The molecule has 1 aromatic carbocycles. The molecule has 0 aliphatic carbocycles. The fourth-order valence-electron chi connectivity index (χ4n) is 0.955. The topological polar surface area (TPSA) is 48.1 Å². The van der Waals surface area contributed by atoms with E-state index >= 15 is 0 Å². The fraction of sp³-hybridized carbons (Fsp3) is 0. The summed E-state index contributed by atoms with van der Waals surface area (Å²) >= 11 is 7.33. The van der Waals surface area contributed by atoms with Gasteiger partial charge in [0.15, 0.2) is 0 Å². The first-order valence-electron chi connectivity index (χ1n) is 3.88. The largest absolute Gasteiger partial charge is 0.429 e. The van der Waals surface area contributed by atoms with Gasteiger partial charge in [-0.25, -0.2) is 4.98 Å². The molecule has 2 aromatic rings. The number of nitrogen functional groups attached to an aromatic ring is 1. The summed E-state index contributed by atoms with van der Waals surface area (Å²) in [5.74, 6) is 0.566. The van der Waals surface area contributed by atoms with E-state index in [2.05, 4.69) is 4.98 Å². The number of hydrogen-bond donors (Lipinski definition) is 1. The normalized spacial score (nSPS) is 10.1. The van der Waals surface area contributed by atoms with Gasteiger partial charge in [0.25, 0.3) is 5.19 Å². The quantitative estimate of drug-likeness (QED) is 0.801. The fourth-order valence-corrected chi connectivity index (χ4v) is 1.68. The Morgan fingerprint density at radius 1 is 1.43 bits per heavy atom. The first kappa shape index (κ1) is 9.30. The van der Waals surface area contributed by atoms with Gasteiger partial charge < -0.3 is 10.5 Å². The Labute approximate surface area is 90.1 Å². The number of aromatic nitrogens is 1. The van der Waals surface area contributed by atoms with Crippen LogP contribution in [0.1, 0.15) is 0 Å². The van der Waals surface area contributed by atoms with Crippen LogP contribution in [0.4, 0.5) is 5.69 Å². The predicted molar refractivity (Wildman–Crippen MR) is 58.1 cm³/mol. The third-order valence-corrected chi connectivity index (χ3v) is 2.51. The molecule has 0 aliphatic heterocycles. The summed E-state index contributed by atoms with van der Waals surface area (Å²) in [6.07, 6.45) is 1.67. The average Bonchev–Trinajstić information content (AvgIpc) is 2.62.